The summed E-state index contributed by atoms with van der Waals surface area (Å²) in [6.45, 7) is 7.80. The average Bonchev–Trinajstić information content (AvgIpc) is 3.21. The maximum Gasteiger partial charge on any atom is 0.271 e. The van der Waals surface area contributed by atoms with E-state index in [0.717, 1.165) is 61.9 Å². The molecule has 1 saturated heterocycles. The van der Waals surface area contributed by atoms with Crippen molar-refractivity contribution in [3.63, 3.8) is 0 Å². The summed E-state index contributed by atoms with van der Waals surface area (Å²) < 4.78 is 2.04. The number of aliphatic hydroxyl groups excluding tert-OH is 1. The fourth-order valence-electron chi connectivity index (χ4n) is 4.65. The van der Waals surface area contributed by atoms with Crippen molar-refractivity contribution in [1.29, 1.82) is 0 Å². The highest BCUT2D eigenvalue weighted by molar-refractivity contribution is 6.43. The van der Waals surface area contributed by atoms with E-state index in [2.05, 4.69) is 27.0 Å². The van der Waals surface area contributed by atoms with E-state index in [1.54, 1.807) is 6.07 Å². The number of rotatable bonds is 9. The number of aliphatic hydroxyl groups is 1. The van der Waals surface area contributed by atoms with Crippen LogP contribution in [-0.2, 0) is 6.42 Å². The predicted molar refractivity (Wildman–Crippen MR) is 146 cm³/mol. The summed E-state index contributed by atoms with van der Waals surface area (Å²) >= 11 is 12.5. The lowest BCUT2D eigenvalue weighted by molar-refractivity contribution is 0.0847. The number of imidazole rings is 1. The van der Waals surface area contributed by atoms with Gasteiger partial charge in [0.2, 0.25) is 0 Å². The van der Waals surface area contributed by atoms with E-state index in [-0.39, 0.29) is 12.5 Å². The SMILES string of the molecule is CCCc1nc(C(=O)NC[C@H](O)CN2CCN(c3cccc(Cl)c3Cl)CC2)c(C)n1-c1ccccc1. The van der Waals surface area contributed by atoms with E-state index in [1.165, 1.54) is 0 Å². The average molecular weight is 531 g/mol. The van der Waals surface area contributed by atoms with Gasteiger partial charge in [0.25, 0.3) is 5.91 Å². The van der Waals surface area contributed by atoms with E-state index in [1.807, 2.05) is 54.0 Å². The number of halogens is 2. The molecular weight excluding hydrogens is 497 g/mol. The molecule has 0 radical (unpaired) electrons. The number of anilines is 1. The minimum absolute atomic E-state index is 0.167. The largest absolute Gasteiger partial charge is 0.390 e. The molecule has 7 nitrogen and oxygen atoms in total. The highest BCUT2D eigenvalue weighted by Crippen LogP contribution is 2.32. The van der Waals surface area contributed by atoms with E-state index in [9.17, 15) is 9.90 Å². The molecule has 2 heterocycles. The lowest BCUT2D eigenvalue weighted by atomic mass is 10.2. The molecule has 9 heteroatoms. The van der Waals surface area contributed by atoms with Crippen molar-refractivity contribution >= 4 is 34.8 Å². The number of hydrogen-bond acceptors (Lipinski definition) is 5. The number of aryl methyl sites for hydroxylation is 1. The van der Waals surface area contributed by atoms with Crippen molar-refractivity contribution in [2.45, 2.75) is 32.8 Å². The summed E-state index contributed by atoms with van der Waals surface area (Å²) in [7, 11) is 0. The van der Waals surface area contributed by atoms with Crippen molar-refractivity contribution in [1.82, 2.24) is 19.8 Å². The molecule has 1 aromatic heterocycles. The first-order chi connectivity index (χ1) is 17.4. The van der Waals surface area contributed by atoms with Gasteiger partial charge >= 0.3 is 0 Å². The van der Waals surface area contributed by atoms with Crippen LogP contribution in [-0.4, -0.2) is 70.8 Å². The van der Waals surface area contributed by atoms with Gasteiger partial charge in [-0.3, -0.25) is 9.69 Å². The fourth-order valence-corrected chi connectivity index (χ4v) is 5.07. The quantitative estimate of drug-likeness (QED) is 0.431. The predicted octanol–water partition coefficient (Wildman–Crippen LogP) is 4.35. The van der Waals surface area contributed by atoms with Crippen molar-refractivity contribution < 1.29 is 9.90 Å². The van der Waals surface area contributed by atoms with Gasteiger partial charge in [-0.15, -0.1) is 0 Å². The third-order valence-electron chi connectivity index (χ3n) is 6.49. The molecule has 0 saturated carbocycles. The van der Waals surface area contributed by atoms with Crippen LogP contribution in [0.15, 0.2) is 48.5 Å². The third-order valence-corrected chi connectivity index (χ3v) is 7.30. The topological polar surface area (TPSA) is 73.6 Å². The number of benzene rings is 2. The van der Waals surface area contributed by atoms with Gasteiger partial charge in [-0.25, -0.2) is 4.98 Å². The molecule has 2 aromatic carbocycles. The number of nitrogens with zero attached hydrogens (tertiary/aromatic N) is 4. The summed E-state index contributed by atoms with van der Waals surface area (Å²) in [5, 5.41) is 14.6. The Morgan fingerprint density at radius 3 is 2.50 bits per heavy atom. The molecule has 1 fully saturated rings. The van der Waals surface area contributed by atoms with Crippen molar-refractivity contribution in [3.8, 4) is 5.69 Å². The maximum absolute atomic E-state index is 13.0. The lowest BCUT2D eigenvalue weighted by Crippen LogP contribution is -2.50. The smallest absolute Gasteiger partial charge is 0.271 e. The van der Waals surface area contributed by atoms with Crippen LogP contribution in [0.5, 0.6) is 0 Å². The number of aromatic nitrogens is 2. The molecule has 2 N–H and O–H groups in total. The van der Waals surface area contributed by atoms with E-state index < -0.39 is 6.10 Å². The van der Waals surface area contributed by atoms with Crippen molar-refractivity contribution in [3.05, 3.63) is 75.8 Å². The number of carbonyl (C=O) groups is 1. The second-order valence-corrected chi connectivity index (χ2v) is 9.89. The molecule has 0 aliphatic carbocycles. The van der Waals surface area contributed by atoms with Gasteiger partial charge < -0.3 is 19.9 Å². The lowest BCUT2D eigenvalue weighted by Gasteiger charge is -2.37. The van der Waals surface area contributed by atoms with Crippen LogP contribution >= 0.6 is 23.2 Å². The molecule has 0 unspecified atom stereocenters. The summed E-state index contributed by atoms with van der Waals surface area (Å²) in [5.74, 6) is 0.601. The molecule has 1 aliphatic rings. The Bertz CT molecular complexity index is 1180. The monoisotopic (exact) mass is 529 g/mol. The van der Waals surface area contributed by atoms with Crippen LogP contribution in [0.2, 0.25) is 10.0 Å². The minimum atomic E-state index is -0.679. The molecule has 192 valence electrons. The molecule has 4 rings (SSSR count). The Morgan fingerprint density at radius 2 is 1.81 bits per heavy atom. The zero-order chi connectivity index (χ0) is 25.7. The van der Waals surface area contributed by atoms with Crippen molar-refractivity contribution in [2.24, 2.45) is 0 Å². The van der Waals surface area contributed by atoms with Gasteiger partial charge in [-0.2, -0.15) is 0 Å². The van der Waals surface area contributed by atoms with Gasteiger partial charge in [-0.1, -0.05) is 54.4 Å². The van der Waals surface area contributed by atoms with Crippen molar-refractivity contribution in [2.75, 3.05) is 44.2 Å². The number of piperazine rings is 1. The number of carbonyl (C=O) groups excluding carboxylic acids is 1. The molecular formula is C27H33Cl2N5O2. The Hall–Kier alpha value is -2.58. The van der Waals surface area contributed by atoms with Gasteiger partial charge in [0, 0.05) is 51.4 Å². The van der Waals surface area contributed by atoms with Crippen LogP contribution < -0.4 is 10.2 Å². The zero-order valence-electron chi connectivity index (χ0n) is 20.8. The molecule has 1 amide bonds. The first-order valence-electron chi connectivity index (χ1n) is 12.4. The molecule has 0 spiro atoms. The normalized spacial score (nSPS) is 15.2. The number of nitrogens with one attached hydrogen (secondary N) is 1. The fraction of sp³-hybridized carbons (Fsp3) is 0.407. The number of para-hydroxylation sites is 1. The highest BCUT2D eigenvalue weighted by atomic mass is 35.5. The standard InChI is InChI=1S/C27H33Cl2N5O2/c1-3-8-24-31-26(19(2)34(24)20-9-5-4-6-10-20)27(36)30-17-21(35)18-32-13-15-33(16-14-32)23-12-7-11-22(28)25(23)29/h4-7,9-12,21,35H,3,8,13-18H2,1-2H3,(H,30,36)/t21-/m0/s1. The van der Waals surface area contributed by atoms with Gasteiger partial charge in [0.05, 0.1) is 27.5 Å². The van der Waals surface area contributed by atoms with Crippen LogP contribution in [0.3, 0.4) is 0 Å². The van der Waals surface area contributed by atoms with E-state index >= 15 is 0 Å². The Kier molecular flexibility index (Phi) is 8.90. The number of hydrogen-bond donors (Lipinski definition) is 2. The first-order valence-corrected chi connectivity index (χ1v) is 13.2. The molecule has 0 bridgehead atoms. The third kappa shape index (κ3) is 6.03. The van der Waals surface area contributed by atoms with Crippen LogP contribution in [0, 0.1) is 6.92 Å². The summed E-state index contributed by atoms with van der Waals surface area (Å²) in [4.78, 5) is 22.0. The Morgan fingerprint density at radius 1 is 1.08 bits per heavy atom. The molecule has 36 heavy (non-hydrogen) atoms. The van der Waals surface area contributed by atoms with Crippen LogP contribution in [0.25, 0.3) is 5.69 Å². The number of β-amino-alcohol motifs (C(OH)–C–C–N with tert-alkyl or cyclic N) is 1. The highest BCUT2D eigenvalue weighted by Gasteiger charge is 2.23. The van der Waals surface area contributed by atoms with Gasteiger partial charge in [0.1, 0.15) is 11.5 Å². The van der Waals surface area contributed by atoms with Crippen LogP contribution in [0.4, 0.5) is 5.69 Å². The van der Waals surface area contributed by atoms with Crippen LogP contribution in [0.1, 0.15) is 35.4 Å². The summed E-state index contributed by atoms with van der Waals surface area (Å²) in [6, 6.07) is 15.6. The minimum Gasteiger partial charge on any atom is -0.390 e. The van der Waals surface area contributed by atoms with E-state index in [4.69, 9.17) is 23.2 Å². The second-order valence-electron chi connectivity index (χ2n) is 9.11. The Labute approximate surface area is 222 Å². The molecule has 1 aliphatic heterocycles. The summed E-state index contributed by atoms with van der Waals surface area (Å²) in [5.41, 5.74) is 3.13. The second kappa shape index (κ2) is 12.1. The Balaban J connectivity index is 1.31. The number of amides is 1. The molecule has 1 atom stereocenters. The summed E-state index contributed by atoms with van der Waals surface area (Å²) in [6.07, 6.45) is 1.03. The van der Waals surface area contributed by atoms with Gasteiger partial charge in [-0.05, 0) is 37.6 Å². The zero-order valence-corrected chi connectivity index (χ0v) is 22.3. The maximum atomic E-state index is 13.0. The molecule has 3 aromatic rings. The van der Waals surface area contributed by atoms with Gasteiger partial charge in [0.15, 0.2) is 0 Å². The first kappa shape index (κ1) is 26.5. The van der Waals surface area contributed by atoms with E-state index in [0.29, 0.717) is 22.3 Å².